The van der Waals surface area contributed by atoms with Crippen molar-refractivity contribution in [3.05, 3.63) is 34.4 Å². The zero-order valence-electron chi connectivity index (χ0n) is 9.44. The molecule has 0 radical (unpaired) electrons. The van der Waals surface area contributed by atoms with E-state index in [0.717, 1.165) is 0 Å². The summed E-state index contributed by atoms with van der Waals surface area (Å²) in [5, 5.41) is 17.9. The molecule has 1 aromatic rings. The molecule has 16 heavy (non-hydrogen) atoms. The summed E-state index contributed by atoms with van der Waals surface area (Å²) >= 11 is 0. The van der Waals surface area contributed by atoms with Gasteiger partial charge in [-0.1, -0.05) is 19.9 Å². The van der Waals surface area contributed by atoms with Crippen LogP contribution < -0.4 is 0 Å². The smallest absolute Gasteiger partial charge is 0.335 e. The number of hydrogen-bond acceptors (Lipinski definition) is 2. The van der Waals surface area contributed by atoms with Crippen LogP contribution >= 0.6 is 0 Å². The maximum absolute atomic E-state index is 11.0. The van der Waals surface area contributed by atoms with Crippen molar-refractivity contribution in [1.29, 1.82) is 0 Å². The fourth-order valence-corrected chi connectivity index (χ4v) is 1.62. The highest BCUT2D eigenvalue weighted by Crippen LogP contribution is 2.23. The highest BCUT2D eigenvalue weighted by atomic mass is 16.4. The fraction of sp³-hybridized carbons (Fsp3) is 0.333. The highest BCUT2D eigenvalue weighted by Gasteiger charge is 2.18. The first-order chi connectivity index (χ1) is 7.34. The van der Waals surface area contributed by atoms with E-state index >= 15 is 0 Å². The Balaban J connectivity index is 3.49. The van der Waals surface area contributed by atoms with Crippen molar-refractivity contribution in [2.45, 2.75) is 26.7 Å². The highest BCUT2D eigenvalue weighted by molar-refractivity contribution is 5.96. The summed E-state index contributed by atoms with van der Waals surface area (Å²) in [6.45, 7) is 5.42. The van der Waals surface area contributed by atoms with E-state index in [1.54, 1.807) is 13.0 Å². The molecular formula is C12H14O4. The Kier molecular flexibility index (Phi) is 3.32. The summed E-state index contributed by atoms with van der Waals surface area (Å²) in [7, 11) is 0. The number of hydrogen-bond donors (Lipinski definition) is 2. The Morgan fingerprint density at radius 2 is 1.56 bits per heavy atom. The van der Waals surface area contributed by atoms with E-state index in [-0.39, 0.29) is 17.0 Å². The minimum atomic E-state index is -1.10. The van der Waals surface area contributed by atoms with Gasteiger partial charge in [-0.05, 0) is 30.0 Å². The Hall–Kier alpha value is -1.84. The zero-order valence-corrected chi connectivity index (χ0v) is 9.44. The van der Waals surface area contributed by atoms with Crippen molar-refractivity contribution in [3.8, 4) is 0 Å². The molecule has 0 saturated carbocycles. The molecule has 4 heteroatoms. The van der Waals surface area contributed by atoms with Crippen LogP contribution in [0.15, 0.2) is 12.1 Å². The van der Waals surface area contributed by atoms with E-state index in [2.05, 4.69) is 0 Å². The SMILES string of the molecule is Cc1cc(C(C)C)c(C(=O)O)cc1C(=O)O. The molecule has 0 unspecified atom stereocenters. The van der Waals surface area contributed by atoms with E-state index < -0.39 is 11.9 Å². The number of benzene rings is 1. The summed E-state index contributed by atoms with van der Waals surface area (Å²) < 4.78 is 0. The van der Waals surface area contributed by atoms with Gasteiger partial charge in [0, 0.05) is 0 Å². The minimum absolute atomic E-state index is 0.0433. The van der Waals surface area contributed by atoms with Crippen LogP contribution in [0.4, 0.5) is 0 Å². The lowest BCUT2D eigenvalue weighted by atomic mass is 9.92. The second kappa shape index (κ2) is 4.35. The molecule has 0 amide bonds. The van der Waals surface area contributed by atoms with Crippen LogP contribution in [-0.2, 0) is 0 Å². The van der Waals surface area contributed by atoms with Gasteiger partial charge in [0.1, 0.15) is 0 Å². The van der Waals surface area contributed by atoms with Gasteiger partial charge in [-0.3, -0.25) is 0 Å². The van der Waals surface area contributed by atoms with Crippen LogP contribution in [0.1, 0.15) is 51.6 Å². The minimum Gasteiger partial charge on any atom is -0.478 e. The van der Waals surface area contributed by atoms with Crippen LogP contribution in [0, 0.1) is 6.92 Å². The third kappa shape index (κ3) is 2.21. The Labute approximate surface area is 93.5 Å². The average Bonchev–Trinajstić information content (AvgIpc) is 2.15. The first kappa shape index (κ1) is 12.2. The quantitative estimate of drug-likeness (QED) is 0.824. The molecule has 0 saturated heterocycles. The number of carbonyl (C=O) groups is 2. The van der Waals surface area contributed by atoms with Gasteiger partial charge in [-0.2, -0.15) is 0 Å². The summed E-state index contributed by atoms with van der Waals surface area (Å²) in [4.78, 5) is 21.9. The predicted octanol–water partition coefficient (Wildman–Crippen LogP) is 2.51. The molecule has 86 valence electrons. The van der Waals surface area contributed by atoms with Gasteiger partial charge in [-0.25, -0.2) is 9.59 Å². The molecule has 0 aliphatic heterocycles. The largest absolute Gasteiger partial charge is 0.478 e. The predicted molar refractivity (Wildman–Crippen MR) is 59.2 cm³/mol. The first-order valence-corrected chi connectivity index (χ1v) is 4.95. The topological polar surface area (TPSA) is 74.6 Å². The third-order valence-corrected chi connectivity index (χ3v) is 2.48. The van der Waals surface area contributed by atoms with E-state index in [1.165, 1.54) is 6.07 Å². The average molecular weight is 222 g/mol. The lowest BCUT2D eigenvalue weighted by Gasteiger charge is -2.12. The molecule has 0 bridgehead atoms. The van der Waals surface area contributed by atoms with Crippen LogP contribution in [0.5, 0.6) is 0 Å². The number of aromatic carboxylic acids is 2. The van der Waals surface area contributed by atoms with E-state index in [4.69, 9.17) is 10.2 Å². The van der Waals surface area contributed by atoms with E-state index in [9.17, 15) is 9.59 Å². The second-order valence-corrected chi connectivity index (χ2v) is 4.02. The standard InChI is InChI=1S/C12H14O4/c1-6(2)8-4-7(3)9(11(13)14)5-10(8)12(15)16/h4-6H,1-3H3,(H,13,14)(H,15,16). The van der Waals surface area contributed by atoms with Crippen LogP contribution in [0.25, 0.3) is 0 Å². The van der Waals surface area contributed by atoms with Crippen molar-refractivity contribution in [2.24, 2.45) is 0 Å². The lowest BCUT2D eigenvalue weighted by Crippen LogP contribution is -2.09. The molecule has 0 heterocycles. The first-order valence-electron chi connectivity index (χ1n) is 4.95. The third-order valence-electron chi connectivity index (χ3n) is 2.48. The number of rotatable bonds is 3. The molecule has 1 aromatic carbocycles. The van der Waals surface area contributed by atoms with Crippen molar-refractivity contribution >= 4 is 11.9 Å². The molecule has 0 spiro atoms. The van der Waals surface area contributed by atoms with Crippen molar-refractivity contribution in [3.63, 3.8) is 0 Å². The fourth-order valence-electron chi connectivity index (χ4n) is 1.62. The monoisotopic (exact) mass is 222 g/mol. The second-order valence-electron chi connectivity index (χ2n) is 4.02. The van der Waals surface area contributed by atoms with Gasteiger partial charge in [0.25, 0.3) is 0 Å². The normalized spacial score (nSPS) is 10.5. The maximum atomic E-state index is 11.0. The molecule has 0 aliphatic carbocycles. The van der Waals surface area contributed by atoms with Gasteiger partial charge in [0.05, 0.1) is 11.1 Å². The molecule has 0 aliphatic rings. The maximum Gasteiger partial charge on any atom is 0.335 e. The summed E-state index contributed by atoms with van der Waals surface area (Å²) in [5.41, 5.74) is 1.36. The molecule has 0 fully saturated rings. The number of aryl methyl sites for hydroxylation is 1. The van der Waals surface area contributed by atoms with Gasteiger partial charge < -0.3 is 10.2 Å². The molecule has 4 nitrogen and oxygen atoms in total. The van der Waals surface area contributed by atoms with Crippen LogP contribution in [-0.4, -0.2) is 22.2 Å². The van der Waals surface area contributed by atoms with Gasteiger partial charge in [0.2, 0.25) is 0 Å². The molecule has 0 atom stereocenters. The Morgan fingerprint density at radius 1 is 1.06 bits per heavy atom. The molecule has 1 rings (SSSR count). The van der Waals surface area contributed by atoms with Crippen molar-refractivity contribution < 1.29 is 19.8 Å². The van der Waals surface area contributed by atoms with Gasteiger partial charge >= 0.3 is 11.9 Å². The number of carboxylic acid groups (broad SMARTS) is 2. The van der Waals surface area contributed by atoms with Crippen molar-refractivity contribution in [2.75, 3.05) is 0 Å². The molecular weight excluding hydrogens is 208 g/mol. The Bertz CT molecular complexity index is 447. The van der Waals surface area contributed by atoms with Crippen molar-refractivity contribution in [1.82, 2.24) is 0 Å². The lowest BCUT2D eigenvalue weighted by molar-refractivity contribution is 0.0695. The molecule has 0 aromatic heterocycles. The molecule has 2 N–H and O–H groups in total. The van der Waals surface area contributed by atoms with E-state index in [0.29, 0.717) is 11.1 Å². The summed E-state index contributed by atoms with van der Waals surface area (Å²) in [6.07, 6.45) is 0. The van der Waals surface area contributed by atoms with Crippen LogP contribution in [0.2, 0.25) is 0 Å². The van der Waals surface area contributed by atoms with Gasteiger partial charge in [-0.15, -0.1) is 0 Å². The van der Waals surface area contributed by atoms with E-state index in [1.807, 2.05) is 13.8 Å². The Morgan fingerprint density at radius 3 is 1.94 bits per heavy atom. The summed E-state index contributed by atoms with van der Waals surface area (Å²) in [5.74, 6) is -2.14. The summed E-state index contributed by atoms with van der Waals surface area (Å²) in [6, 6.07) is 2.87. The van der Waals surface area contributed by atoms with Crippen LogP contribution in [0.3, 0.4) is 0 Å². The number of carboxylic acids is 2. The van der Waals surface area contributed by atoms with Gasteiger partial charge in [0.15, 0.2) is 0 Å². The zero-order chi connectivity index (χ0) is 12.5.